The largest absolute Gasteiger partial charge is 0.496 e. The highest BCUT2D eigenvalue weighted by molar-refractivity contribution is 7.22. The number of primary amides is 1. The molecule has 7 heteroatoms. The number of methoxy groups -OCH3 is 1. The van der Waals surface area contributed by atoms with E-state index in [0.717, 1.165) is 41.5 Å². The molecule has 1 fully saturated rings. The van der Waals surface area contributed by atoms with E-state index in [2.05, 4.69) is 15.2 Å². The maximum Gasteiger partial charge on any atom is 0.252 e. The molecule has 1 aromatic carbocycles. The molecule has 0 saturated carbocycles. The van der Waals surface area contributed by atoms with Crippen molar-refractivity contribution in [3.8, 4) is 5.75 Å². The van der Waals surface area contributed by atoms with Crippen molar-refractivity contribution in [3.63, 3.8) is 0 Å². The van der Waals surface area contributed by atoms with Crippen LogP contribution in [0.4, 0.5) is 5.13 Å². The molecule has 0 bridgehead atoms. The van der Waals surface area contributed by atoms with E-state index >= 15 is 0 Å². The Bertz CT molecular complexity index is 649. The summed E-state index contributed by atoms with van der Waals surface area (Å²) < 4.78 is 6.16. The Kier molecular flexibility index (Phi) is 3.45. The molecule has 3 rings (SSSR count). The number of nitrogens with zero attached hydrogens (tertiary/aromatic N) is 2. The lowest BCUT2D eigenvalue weighted by Gasteiger charge is -2.26. The number of carbonyl (C=O) groups is 1. The van der Waals surface area contributed by atoms with Gasteiger partial charge in [-0.3, -0.25) is 4.79 Å². The highest BCUT2D eigenvalue weighted by Gasteiger charge is 2.17. The van der Waals surface area contributed by atoms with Crippen LogP contribution in [0, 0.1) is 0 Å². The SMILES string of the molecule is COc1cc2nc(N3CCNCC3)sc2cc1C(N)=O. The summed E-state index contributed by atoms with van der Waals surface area (Å²) in [5.41, 5.74) is 6.61. The average Bonchev–Trinajstić information content (AvgIpc) is 2.89. The molecule has 0 unspecified atom stereocenters. The number of fused-ring (bicyclic) bond motifs is 1. The second-order valence-electron chi connectivity index (χ2n) is 4.62. The van der Waals surface area contributed by atoms with Crippen LogP contribution in [0.2, 0.25) is 0 Å². The maximum absolute atomic E-state index is 11.4. The lowest BCUT2D eigenvalue weighted by Crippen LogP contribution is -2.43. The predicted molar refractivity (Wildman–Crippen MR) is 79.8 cm³/mol. The average molecular weight is 292 g/mol. The fraction of sp³-hybridized carbons (Fsp3) is 0.385. The number of thiazole rings is 1. The smallest absolute Gasteiger partial charge is 0.252 e. The van der Waals surface area contributed by atoms with Crippen LogP contribution in [-0.2, 0) is 0 Å². The van der Waals surface area contributed by atoms with Crippen molar-refractivity contribution >= 4 is 32.6 Å². The number of nitrogens with one attached hydrogen (secondary N) is 1. The minimum absolute atomic E-state index is 0.399. The Morgan fingerprint density at radius 2 is 2.20 bits per heavy atom. The molecule has 1 aliphatic heterocycles. The first kappa shape index (κ1) is 13.1. The summed E-state index contributed by atoms with van der Waals surface area (Å²) in [6, 6.07) is 3.54. The zero-order chi connectivity index (χ0) is 14.1. The summed E-state index contributed by atoms with van der Waals surface area (Å²) >= 11 is 1.58. The van der Waals surface area contributed by atoms with Gasteiger partial charge < -0.3 is 20.7 Å². The molecule has 0 aliphatic carbocycles. The first-order valence-electron chi connectivity index (χ1n) is 6.43. The van der Waals surface area contributed by atoms with Gasteiger partial charge in [0.05, 0.1) is 22.9 Å². The molecule has 1 amide bonds. The fourth-order valence-corrected chi connectivity index (χ4v) is 3.33. The molecule has 1 aliphatic rings. The van der Waals surface area contributed by atoms with Crippen LogP contribution in [0.5, 0.6) is 5.75 Å². The number of nitrogens with two attached hydrogens (primary N) is 1. The van der Waals surface area contributed by atoms with Gasteiger partial charge >= 0.3 is 0 Å². The number of hydrogen-bond donors (Lipinski definition) is 2. The van der Waals surface area contributed by atoms with Gasteiger partial charge in [-0.05, 0) is 6.07 Å². The van der Waals surface area contributed by atoms with Crippen molar-refractivity contribution in [2.45, 2.75) is 0 Å². The van der Waals surface area contributed by atoms with Crippen molar-refractivity contribution in [2.24, 2.45) is 5.73 Å². The third-order valence-corrected chi connectivity index (χ3v) is 4.43. The quantitative estimate of drug-likeness (QED) is 0.875. The van der Waals surface area contributed by atoms with Crippen LogP contribution in [0.25, 0.3) is 10.2 Å². The van der Waals surface area contributed by atoms with E-state index in [0.29, 0.717) is 11.3 Å². The monoisotopic (exact) mass is 292 g/mol. The van der Waals surface area contributed by atoms with E-state index in [1.807, 2.05) is 0 Å². The molecule has 0 atom stereocenters. The Balaban J connectivity index is 2.03. The highest BCUT2D eigenvalue weighted by atomic mass is 32.1. The molecule has 6 nitrogen and oxygen atoms in total. The number of amides is 1. The molecule has 0 spiro atoms. The van der Waals surface area contributed by atoms with Crippen molar-refractivity contribution < 1.29 is 9.53 Å². The van der Waals surface area contributed by atoms with E-state index in [9.17, 15) is 4.79 Å². The molecule has 3 N–H and O–H groups in total. The minimum atomic E-state index is -0.485. The van der Waals surface area contributed by atoms with Gasteiger partial charge in [-0.15, -0.1) is 0 Å². The van der Waals surface area contributed by atoms with E-state index < -0.39 is 5.91 Å². The molecule has 2 aromatic rings. The van der Waals surface area contributed by atoms with Gasteiger partial charge in [0.25, 0.3) is 5.91 Å². The molecule has 1 saturated heterocycles. The standard InChI is InChI=1S/C13H16N4O2S/c1-19-10-7-9-11(6-8(10)12(14)18)20-13(16-9)17-4-2-15-3-5-17/h6-7,15H,2-5H2,1H3,(H2,14,18). The molecule has 106 valence electrons. The molecule has 0 radical (unpaired) electrons. The van der Waals surface area contributed by atoms with Crippen molar-refractivity contribution in [1.29, 1.82) is 0 Å². The Morgan fingerprint density at radius 3 is 2.85 bits per heavy atom. The maximum atomic E-state index is 11.4. The number of aromatic nitrogens is 1. The number of carbonyl (C=O) groups excluding carboxylic acids is 1. The number of hydrogen-bond acceptors (Lipinski definition) is 6. The Morgan fingerprint density at radius 1 is 1.45 bits per heavy atom. The van der Waals surface area contributed by atoms with Crippen LogP contribution in [-0.4, -0.2) is 44.2 Å². The van der Waals surface area contributed by atoms with Gasteiger partial charge in [0.15, 0.2) is 5.13 Å². The summed E-state index contributed by atoms with van der Waals surface area (Å²) in [5, 5.41) is 4.29. The molecule has 2 heterocycles. The number of piperazine rings is 1. The fourth-order valence-electron chi connectivity index (χ4n) is 2.30. The first-order valence-corrected chi connectivity index (χ1v) is 7.24. The first-order chi connectivity index (χ1) is 9.69. The van der Waals surface area contributed by atoms with Crippen molar-refractivity contribution in [3.05, 3.63) is 17.7 Å². The van der Waals surface area contributed by atoms with Crippen LogP contribution >= 0.6 is 11.3 Å². The van der Waals surface area contributed by atoms with E-state index in [-0.39, 0.29) is 0 Å². The van der Waals surface area contributed by atoms with Crippen LogP contribution in [0.3, 0.4) is 0 Å². The Hall–Kier alpha value is -1.86. The molecule has 1 aromatic heterocycles. The number of rotatable bonds is 3. The highest BCUT2D eigenvalue weighted by Crippen LogP contribution is 2.33. The van der Waals surface area contributed by atoms with Gasteiger partial charge in [0.2, 0.25) is 0 Å². The summed E-state index contributed by atoms with van der Waals surface area (Å²) in [7, 11) is 1.52. The van der Waals surface area contributed by atoms with E-state index in [1.54, 1.807) is 23.5 Å². The molecular weight excluding hydrogens is 276 g/mol. The number of benzene rings is 1. The normalized spacial score (nSPS) is 15.6. The van der Waals surface area contributed by atoms with Gasteiger partial charge in [-0.2, -0.15) is 0 Å². The van der Waals surface area contributed by atoms with Crippen LogP contribution in [0.1, 0.15) is 10.4 Å². The zero-order valence-electron chi connectivity index (χ0n) is 11.2. The van der Waals surface area contributed by atoms with Gasteiger partial charge in [0, 0.05) is 32.2 Å². The lowest BCUT2D eigenvalue weighted by molar-refractivity contribution is 0.0997. The zero-order valence-corrected chi connectivity index (χ0v) is 12.0. The molecule has 20 heavy (non-hydrogen) atoms. The summed E-state index contributed by atoms with van der Waals surface area (Å²) in [4.78, 5) is 18.3. The topological polar surface area (TPSA) is 80.5 Å². The van der Waals surface area contributed by atoms with Crippen molar-refractivity contribution in [2.75, 3.05) is 38.2 Å². The lowest BCUT2D eigenvalue weighted by atomic mass is 10.2. The summed E-state index contributed by atoms with van der Waals surface area (Å²) in [6.45, 7) is 3.82. The third-order valence-electron chi connectivity index (χ3n) is 3.35. The minimum Gasteiger partial charge on any atom is -0.496 e. The summed E-state index contributed by atoms with van der Waals surface area (Å²) in [6.07, 6.45) is 0. The van der Waals surface area contributed by atoms with E-state index in [1.165, 1.54) is 7.11 Å². The third kappa shape index (κ3) is 2.30. The second-order valence-corrected chi connectivity index (χ2v) is 5.63. The number of anilines is 1. The number of ether oxygens (including phenoxy) is 1. The van der Waals surface area contributed by atoms with E-state index in [4.69, 9.17) is 10.5 Å². The summed E-state index contributed by atoms with van der Waals surface area (Å²) in [5.74, 6) is -0.0111. The molecular formula is C13H16N4O2S. The predicted octanol–water partition coefficient (Wildman–Crippen LogP) is 0.813. The second kappa shape index (κ2) is 5.26. The van der Waals surface area contributed by atoms with Crippen LogP contribution in [0.15, 0.2) is 12.1 Å². The Labute approximate surface area is 120 Å². The van der Waals surface area contributed by atoms with Gasteiger partial charge in [-0.25, -0.2) is 4.98 Å². The van der Waals surface area contributed by atoms with Gasteiger partial charge in [-0.1, -0.05) is 11.3 Å². The van der Waals surface area contributed by atoms with Crippen molar-refractivity contribution in [1.82, 2.24) is 10.3 Å². The van der Waals surface area contributed by atoms with Crippen LogP contribution < -0.4 is 20.7 Å². The van der Waals surface area contributed by atoms with Gasteiger partial charge in [0.1, 0.15) is 5.75 Å².